The van der Waals surface area contributed by atoms with Crippen molar-refractivity contribution in [2.45, 2.75) is 85.2 Å². The Kier molecular flexibility index (Phi) is 12.0. The number of ether oxygens (including phenoxy) is 3. The minimum atomic E-state index is -0.386. The van der Waals surface area contributed by atoms with Crippen molar-refractivity contribution in [1.82, 2.24) is 29.7 Å². The van der Waals surface area contributed by atoms with E-state index in [1.807, 2.05) is 13.0 Å². The first-order valence-corrected chi connectivity index (χ1v) is 21.0. The number of amides is 2. The van der Waals surface area contributed by atoms with E-state index in [0.29, 0.717) is 55.1 Å². The number of aromatic nitrogens is 4. The highest BCUT2D eigenvalue weighted by Gasteiger charge is 2.41. The average molecular weight is 830 g/mol. The Labute approximate surface area is 336 Å². The van der Waals surface area contributed by atoms with Gasteiger partial charge >= 0.3 is 5.97 Å². The normalized spacial score (nSPS) is 19.2. The van der Waals surface area contributed by atoms with Gasteiger partial charge in [0.2, 0.25) is 0 Å². The van der Waals surface area contributed by atoms with Crippen LogP contribution in [0.25, 0.3) is 33.2 Å². The lowest BCUT2D eigenvalue weighted by molar-refractivity contribution is -0.140. The number of rotatable bonds is 12. The number of nitrogens with zero attached hydrogens (tertiary/aromatic N) is 4. The smallest absolute Gasteiger partial charge is 0.305 e. The van der Waals surface area contributed by atoms with Crippen LogP contribution in [-0.4, -0.2) is 106 Å². The van der Waals surface area contributed by atoms with E-state index in [4.69, 9.17) is 24.2 Å². The van der Waals surface area contributed by atoms with E-state index in [1.54, 1.807) is 0 Å². The zero-order chi connectivity index (χ0) is 39.8. The van der Waals surface area contributed by atoms with Crippen LogP contribution in [0.4, 0.5) is 0 Å². The fraction of sp³-hybridized carbons (Fsp3) is 0.512. The molecule has 2 amide bonds. The van der Waals surface area contributed by atoms with Crippen molar-refractivity contribution in [1.29, 1.82) is 0 Å². The van der Waals surface area contributed by atoms with E-state index in [1.165, 1.54) is 12.0 Å². The Morgan fingerprint density at radius 1 is 0.982 bits per heavy atom. The molecule has 7 rings (SSSR count). The number of esters is 1. The maximum absolute atomic E-state index is 14.9. The number of aryl methyl sites for hydroxylation is 2. The second kappa shape index (κ2) is 16.7. The third kappa shape index (κ3) is 7.39. The summed E-state index contributed by atoms with van der Waals surface area (Å²) in [6, 6.07) is 6.19. The van der Waals surface area contributed by atoms with Gasteiger partial charge in [-0.3, -0.25) is 29.2 Å². The average Bonchev–Trinajstić information content (AvgIpc) is 3.87. The fourth-order valence-corrected chi connectivity index (χ4v) is 8.94. The van der Waals surface area contributed by atoms with Crippen LogP contribution in [0, 0.1) is 13.8 Å². The van der Waals surface area contributed by atoms with E-state index in [9.17, 15) is 14.4 Å². The molecule has 3 aromatic rings. The van der Waals surface area contributed by atoms with Crippen molar-refractivity contribution in [3.8, 4) is 0 Å². The van der Waals surface area contributed by atoms with Crippen LogP contribution in [0.5, 0.6) is 0 Å². The summed E-state index contributed by atoms with van der Waals surface area (Å²) in [4.78, 5) is 63.3. The number of carbonyl (C=O) groups is 3. The molecule has 8 bridgehead atoms. The Morgan fingerprint density at radius 3 is 2.41 bits per heavy atom. The van der Waals surface area contributed by atoms with Crippen LogP contribution < -0.4 is 0 Å². The maximum Gasteiger partial charge on any atom is 0.305 e. The van der Waals surface area contributed by atoms with Gasteiger partial charge in [-0.25, -0.2) is 4.98 Å². The van der Waals surface area contributed by atoms with Crippen LogP contribution >= 0.6 is 15.9 Å². The summed E-state index contributed by atoms with van der Waals surface area (Å²) in [6.45, 7) is 16.5. The van der Waals surface area contributed by atoms with E-state index in [2.05, 4.69) is 77.5 Å². The molecule has 1 saturated heterocycles. The summed E-state index contributed by atoms with van der Waals surface area (Å²) in [7, 11) is 1.39. The lowest BCUT2D eigenvalue weighted by Gasteiger charge is -2.31. The van der Waals surface area contributed by atoms with Gasteiger partial charge in [-0.15, -0.1) is 0 Å². The zero-order valence-electron chi connectivity index (χ0n) is 33.6. The number of fused-ring (bicyclic) bond motifs is 8. The predicted molar refractivity (Wildman–Crippen MR) is 221 cm³/mol. The molecule has 3 atom stereocenters. The molecule has 0 spiro atoms. The highest BCUT2D eigenvalue weighted by Crippen LogP contribution is 2.44. The van der Waals surface area contributed by atoms with Gasteiger partial charge in [0.15, 0.2) is 0 Å². The predicted octanol–water partition coefficient (Wildman–Crippen LogP) is 7.90. The molecule has 3 aromatic heterocycles. The second-order valence-electron chi connectivity index (χ2n) is 15.3. The van der Waals surface area contributed by atoms with E-state index in [0.717, 1.165) is 92.7 Å². The molecule has 12 nitrogen and oxygen atoms in total. The van der Waals surface area contributed by atoms with Gasteiger partial charge in [-0.2, -0.15) is 0 Å². The number of carbonyl (C=O) groups excluding carboxylic acids is 3. The number of hydrogen-bond acceptors (Lipinski definition) is 9. The standard InChI is InChI=1S/C43H53BrN6O6/c1-8-28-23(2)30-22-35-37(27(6)56-17-9-12-44)25(4)32(46-35)20-31-24(3)29(10-11-36(51)54-7)40(47-31)39-41-38(26(5)33(48-41)21-34(28)45-30)42(52)50(43(39)53)14-13-49-15-18-55-19-16-49/h20-22,24,27,29,46,48H,8-19H2,1-7H3/t24-,27?,29-/m0/s1. The monoisotopic (exact) mass is 828 g/mol. The number of allylic oxidation sites excluding steroid dienone is 2. The molecule has 7 heterocycles. The minimum absolute atomic E-state index is 0.157. The maximum atomic E-state index is 14.9. The van der Waals surface area contributed by atoms with E-state index in [-0.39, 0.29) is 48.7 Å². The third-order valence-electron chi connectivity index (χ3n) is 12.0. The first-order valence-electron chi connectivity index (χ1n) is 19.9. The number of halogens is 1. The molecule has 13 heteroatoms. The van der Waals surface area contributed by atoms with Crippen LogP contribution in [0.15, 0.2) is 18.2 Å². The van der Waals surface area contributed by atoms with E-state index >= 15 is 0 Å². The van der Waals surface area contributed by atoms with Gasteiger partial charge < -0.3 is 24.2 Å². The molecule has 0 saturated carbocycles. The van der Waals surface area contributed by atoms with Crippen LogP contribution in [0.1, 0.15) is 132 Å². The number of nitrogens with one attached hydrogen (secondary N) is 2. The number of morpholine rings is 1. The molecule has 56 heavy (non-hydrogen) atoms. The van der Waals surface area contributed by atoms with Gasteiger partial charge in [0.1, 0.15) is 0 Å². The lowest BCUT2D eigenvalue weighted by Crippen LogP contribution is -2.47. The molecule has 298 valence electrons. The topological polar surface area (TPSA) is 143 Å². The number of hydrogen-bond donors (Lipinski definition) is 2. The molecular weight excluding hydrogens is 776 g/mol. The van der Waals surface area contributed by atoms with Gasteiger partial charge in [-0.1, -0.05) is 29.8 Å². The first-order chi connectivity index (χ1) is 27.0. The van der Waals surface area contributed by atoms with E-state index < -0.39 is 0 Å². The number of imide groups is 1. The molecule has 2 N–H and O–H groups in total. The number of aromatic amines is 2. The van der Waals surface area contributed by atoms with Gasteiger partial charge in [0.05, 0.1) is 60.2 Å². The van der Waals surface area contributed by atoms with Crippen molar-refractivity contribution in [3.05, 3.63) is 68.8 Å². The van der Waals surface area contributed by atoms with Crippen molar-refractivity contribution in [2.75, 3.05) is 58.4 Å². The molecule has 1 fully saturated rings. The summed E-state index contributed by atoms with van der Waals surface area (Å²) in [5.41, 5.74) is 11.9. The number of alkyl halides is 1. The summed E-state index contributed by atoms with van der Waals surface area (Å²) >= 11 is 3.53. The molecule has 4 aliphatic rings. The third-order valence-corrected chi connectivity index (χ3v) is 12.6. The largest absolute Gasteiger partial charge is 0.469 e. The van der Waals surface area contributed by atoms with Crippen molar-refractivity contribution in [2.24, 2.45) is 0 Å². The number of methoxy groups -OCH3 is 1. The Bertz CT molecular complexity index is 2250. The SMILES string of the molecule is CCC1=C(C)c2cc3[nH]c(cc4nc(c5c6[nH]c(cc1n2)c(C)c6C(=O)N(CCN1CCOCC1)C5=O)[C@@H](CCC(=O)OC)[C@@H]4C)c(C)c3C(C)OCCCBr. The van der Waals surface area contributed by atoms with Crippen molar-refractivity contribution in [3.63, 3.8) is 0 Å². The number of H-pyrrole nitrogens is 2. The van der Waals surface area contributed by atoms with Crippen LogP contribution in [-0.2, 0) is 19.0 Å². The zero-order valence-corrected chi connectivity index (χ0v) is 35.2. The van der Waals surface area contributed by atoms with Gasteiger partial charge in [0.25, 0.3) is 11.8 Å². The lowest BCUT2D eigenvalue weighted by atomic mass is 9.84. The van der Waals surface area contributed by atoms with Gasteiger partial charge in [-0.05, 0) is 87.4 Å². The molecule has 0 radical (unpaired) electrons. The summed E-state index contributed by atoms with van der Waals surface area (Å²) in [5.74, 6) is -1.50. The highest BCUT2D eigenvalue weighted by molar-refractivity contribution is 9.09. The first kappa shape index (κ1) is 40.0. The quantitative estimate of drug-likeness (QED) is 0.0807. The van der Waals surface area contributed by atoms with Crippen molar-refractivity contribution >= 4 is 66.9 Å². The molecule has 0 aromatic carbocycles. The highest BCUT2D eigenvalue weighted by atomic mass is 79.9. The Hall–Kier alpha value is -4.17. The Balaban J connectivity index is 1.53. The van der Waals surface area contributed by atoms with Gasteiger partial charge in [0, 0.05) is 84.2 Å². The summed E-state index contributed by atoms with van der Waals surface area (Å²) in [6.07, 6.45) is 2.04. The minimum Gasteiger partial charge on any atom is -0.469 e. The van der Waals surface area contributed by atoms with Crippen molar-refractivity contribution < 1.29 is 28.6 Å². The molecule has 4 aliphatic heterocycles. The molecular formula is C43H53BrN6O6. The summed E-state index contributed by atoms with van der Waals surface area (Å²) in [5, 5.41) is 0.859. The second-order valence-corrected chi connectivity index (χ2v) is 16.0. The molecule has 1 unspecified atom stereocenters. The fourth-order valence-electron chi connectivity index (χ4n) is 8.71. The summed E-state index contributed by atoms with van der Waals surface area (Å²) < 4.78 is 17.0. The molecule has 0 aliphatic carbocycles. The van der Waals surface area contributed by atoms with Crippen LogP contribution in [0.2, 0.25) is 0 Å². The Morgan fingerprint density at radius 2 is 1.70 bits per heavy atom. The van der Waals surface area contributed by atoms with Crippen LogP contribution in [0.3, 0.4) is 0 Å².